The van der Waals surface area contributed by atoms with Crippen molar-refractivity contribution in [3.05, 3.63) is 68.8 Å². The fraction of sp³-hybridized carbons (Fsp3) is 0.300. The van der Waals surface area contributed by atoms with Crippen LogP contribution in [0.3, 0.4) is 0 Å². The Morgan fingerprint density at radius 3 is 2.62 bits per heavy atom. The monoisotopic (exact) mass is 356 g/mol. The Kier molecular flexibility index (Phi) is 3.10. The molecule has 1 unspecified atom stereocenters. The van der Waals surface area contributed by atoms with E-state index in [1.165, 1.54) is 33.3 Å². The van der Waals surface area contributed by atoms with Crippen LogP contribution in [0.2, 0.25) is 10.0 Å². The van der Waals surface area contributed by atoms with Crippen molar-refractivity contribution in [1.29, 1.82) is 0 Å². The number of fused-ring (bicyclic) bond motifs is 7. The Balaban J connectivity index is 1.81. The Bertz CT molecular complexity index is 975. The summed E-state index contributed by atoms with van der Waals surface area (Å²) in [4.78, 5) is 6.30. The maximum Gasteiger partial charge on any atom is 0.0844 e. The fourth-order valence-corrected chi connectivity index (χ4v) is 5.03. The largest absolute Gasteiger partial charge is 0.356 e. The number of aromatic amines is 1. The maximum absolute atomic E-state index is 6.25. The van der Waals surface area contributed by atoms with Gasteiger partial charge in [0.2, 0.25) is 0 Å². The quantitative estimate of drug-likeness (QED) is 0.589. The minimum Gasteiger partial charge on any atom is -0.356 e. The SMILES string of the molecule is CC12c3ccc(Cl)cc3CCN1CCc1c2[nH]c2ccc(Cl)cc12. The first-order chi connectivity index (χ1) is 11.6. The Morgan fingerprint density at radius 1 is 1.00 bits per heavy atom. The summed E-state index contributed by atoms with van der Waals surface area (Å²) < 4.78 is 0. The third-order valence-electron chi connectivity index (χ3n) is 5.86. The lowest BCUT2D eigenvalue weighted by molar-refractivity contribution is 0.112. The van der Waals surface area contributed by atoms with Crippen LogP contribution in [0.4, 0.5) is 0 Å². The van der Waals surface area contributed by atoms with Gasteiger partial charge in [-0.1, -0.05) is 29.3 Å². The van der Waals surface area contributed by atoms with Crippen molar-refractivity contribution in [2.45, 2.75) is 25.3 Å². The van der Waals surface area contributed by atoms with Gasteiger partial charge in [0.1, 0.15) is 0 Å². The van der Waals surface area contributed by atoms with Crippen LogP contribution in [0.5, 0.6) is 0 Å². The number of hydrogen-bond acceptors (Lipinski definition) is 1. The zero-order chi connectivity index (χ0) is 16.5. The highest BCUT2D eigenvalue weighted by molar-refractivity contribution is 6.31. The molecule has 0 spiro atoms. The van der Waals surface area contributed by atoms with Crippen molar-refractivity contribution < 1.29 is 0 Å². The second-order valence-corrected chi connectivity index (χ2v) is 7.90. The first-order valence-corrected chi connectivity index (χ1v) is 9.17. The summed E-state index contributed by atoms with van der Waals surface area (Å²) in [5.74, 6) is 0. The summed E-state index contributed by atoms with van der Waals surface area (Å²) in [5.41, 5.74) is 6.51. The summed E-state index contributed by atoms with van der Waals surface area (Å²) in [5, 5.41) is 2.89. The number of nitrogens with zero attached hydrogens (tertiary/aromatic N) is 1. The van der Waals surface area contributed by atoms with E-state index in [4.69, 9.17) is 23.2 Å². The van der Waals surface area contributed by atoms with Gasteiger partial charge in [0.25, 0.3) is 0 Å². The smallest absolute Gasteiger partial charge is 0.0844 e. The van der Waals surface area contributed by atoms with Crippen LogP contribution in [0.15, 0.2) is 36.4 Å². The molecule has 0 aliphatic carbocycles. The standard InChI is InChI=1S/C20H18Cl2N2/c1-20-17-4-2-13(21)10-12(17)6-8-24(20)9-7-15-16-11-14(22)3-5-18(16)23-19(15)20/h2-5,10-11,23H,6-9H2,1H3. The van der Waals surface area contributed by atoms with Crippen LogP contribution in [0, 0.1) is 0 Å². The molecule has 0 fully saturated rings. The van der Waals surface area contributed by atoms with Gasteiger partial charge in [0.05, 0.1) is 5.54 Å². The van der Waals surface area contributed by atoms with Gasteiger partial charge in [0.15, 0.2) is 0 Å². The number of H-pyrrole nitrogens is 1. The zero-order valence-electron chi connectivity index (χ0n) is 13.5. The van der Waals surface area contributed by atoms with E-state index < -0.39 is 0 Å². The summed E-state index contributed by atoms with van der Waals surface area (Å²) in [6.45, 7) is 4.48. The highest BCUT2D eigenvalue weighted by Crippen LogP contribution is 2.46. The van der Waals surface area contributed by atoms with E-state index in [2.05, 4.69) is 41.1 Å². The molecule has 0 radical (unpaired) electrons. The molecule has 3 heterocycles. The summed E-state index contributed by atoms with van der Waals surface area (Å²) in [7, 11) is 0. The number of aromatic nitrogens is 1. The molecule has 122 valence electrons. The zero-order valence-corrected chi connectivity index (χ0v) is 15.0. The Hall–Kier alpha value is -1.48. The Labute approximate surface area is 151 Å². The van der Waals surface area contributed by atoms with E-state index in [0.717, 1.165) is 36.0 Å². The van der Waals surface area contributed by atoms with Crippen molar-refractivity contribution in [1.82, 2.24) is 9.88 Å². The molecule has 0 saturated heterocycles. The molecule has 1 atom stereocenters. The maximum atomic E-state index is 6.25. The highest BCUT2D eigenvalue weighted by atomic mass is 35.5. The Morgan fingerprint density at radius 2 is 1.75 bits per heavy atom. The molecule has 0 amide bonds. The molecule has 0 bridgehead atoms. The van der Waals surface area contributed by atoms with Gasteiger partial charge in [0, 0.05) is 39.7 Å². The minimum absolute atomic E-state index is 0.128. The third-order valence-corrected chi connectivity index (χ3v) is 6.33. The molecule has 3 aromatic rings. The second-order valence-electron chi connectivity index (χ2n) is 7.03. The minimum atomic E-state index is -0.128. The van der Waals surface area contributed by atoms with Crippen LogP contribution < -0.4 is 0 Å². The van der Waals surface area contributed by atoms with Crippen LogP contribution in [-0.2, 0) is 18.4 Å². The molecule has 2 aromatic carbocycles. The molecule has 5 rings (SSSR count). The summed E-state index contributed by atoms with van der Waals surface area (Å²) in [6, 6.07) is 12.5. The summed E-state index contributed by atoms with van der Waals surface area (Å²) >= 11 is 12.5. The number of halogens is 2. The number of benzene rings is 2. The lowest BCUT2D eigenvalue weighted by Gasteiger charge is -2.49. The molecule has 2 aliphatic rings. The van der Waals surface area contributed by atoms with Gasteiger partial charge in [-0.05, 0) is 66.8 Å². The van der Waals surface area contributed by atoms with E-state index in [1.807, 2.05) is 12.1 Å². The van der Waals surface area contributed by atoms with E-state index in [-0.39, 0.29) is 5.54 Å². The predicted octanol–water partition coefficient (Wildman–Crippen LogP) is 5.15. The number of rotatable bonds is 0. The third kappa shape index (κ3) is 1.88. The topological polar surface area (TPSA) is 19.0 Å². The molecule has 4 heteroatoms. The molecular weight excluding hydrogens is 339 g/mol. The second kappa shape index (κ2) is 5.01. The molecule has 2 nitrogen and oxygen atoms in total. The van der Waals surface area contributed by atoms with Crippen LogP contribution in [0.25, 0.3) is 10.9 Å². The number of hydrogen-bond donors (Lipinski definition) is 1. The van der Waals surface area contributed by atoms with Crippen molar-refractivity contribution in [3.63, 3.8) is 0 Å². The first-order valence-electron chi connectivity index (χ1n) is 8.42. The first kappa shape index (κ1) is 14.8. The highest BCUT2D eigenvalue weighted by Gasteiger charge is 2.45. The number of nitrogens with one attached hydrogen (secondary N) is 1. The van der Waals surface area contributed by atoms with E-state index in [0.29, 0.717) is 0 Å². The van der Waals surface area contributed by atoms with Crippen molar-refractivity contribution in [2.24, 2.45) is 0 Å². The van der Waals surface area contributed by atoms with Gasteiger partial charge in [-0.3, -0.25) is 4.90 Å². The van der Waals surface area contributed by atoms with Crippen molar-refractivity contribution in [3.8, 4) is 0 Å². The van der Waals surface area contributed by atoms with E-state index >= 15 is 0 Å². The van der Waals surface area contributed by atoms with Gasteiger partial charge in [-0.15, -0.1) is 0 Å². The lowest BCUT2D eigenvalue weighted by atomic mass is 9.75. The van der Waals surface area contributed by atoms with E-state index in [1.54, 1.807) is 0 Å². The molecular formula is C20H18Cl2N2. The van der Waals surface area contributed by atoms with E-state index in [9.17, 15) is 0 Å². The molecule has 1 aromatic heterocycles. The van der Waals surface area contributed by atoms with Crippen molar-refractivity contribution >= 4 is 34.1 Å². The molecule has 2 aliphatic heterocycles. The fourth-order valence-electron chi connectivity index (χ4n) is 4.66. The van der Waals surface area contributed by atoms with Crippen LogP contribution in [0.1, 0.15) is 29.3 Å². The average molecular weight is 357 g/mol. The van der Waals surface area contributed by atoms with Crippen LogP contribution in [-0.4, -0.2) is 23.0 Å². The van der Waals surface area contributed by atoms with Gasteiger partial charge in [-0.2, -0.15) is 0 Å². The molecule has 1 N–H and O–H groups in total. The van der Waals surface area contributed by atoms with Gasteiger partial charge in [-0.25, -0.2) is 0 Å². The van der Waals surface area contributed by atoms with Gasteiger partial charge < -0.3 is 4.98 Å². The lowest BCUT2D eigenvalue weighted by Crippen LogP contribution is -2.53. The summed E-state index contributed by atoms with van der Waals surface area (Å²) in [6.07, 6.45) is 2.13. The molecule has 0 saturated carbocycles. The van der Waals surface area contributed by atoms with Gasteiger partial charge >= 0.3 is 0 Å². The normalized spacial score (nSPS) is 23.0. The predicted molar refractivity (Wildman–Crippen MR) is 100 cm³/mol. The molecule has 24 heavy (non-hydrogen) atoms. The van der Waals surface area contributed by atoms with Crippen LogP contribution >= 0.6 is 23.2 Å². The average Bonchev–Trinajstić information content (AvgIpc) is 2.93. The van der Waals surface area contributed by atoms with Crippen molar-refractivity contribution in [2.75, 3.05) is 13.1 Å².